The Morgan fingerprint density at radius 1 is 1.64 bits per heavy atom. The van der Waals surface area contributed by atoms with Gasteiger partial charge in [-0.25, -0.2) is 4.79 Å². The van der Waals surface area contributed by atoms with E-state index in [4.69, 9.17) is 10.2 Å². The Labute approximate surface area is 82.0 Å². The zero-order valence-electron chi connectivity index (χ0n) is 8.21. The minimum atomic E-state index is -1.37. The highest BCUT2D eigenvalue weighted by molar-refractivity contribution is 5.72. The zero-order valence-corrected chi connectivity index (χ0v) is 8.21. The van der Waals surface area contributed by atoms with Gasteiger partial charge >= 0.3 is 5.97 Å². The summed E-state index contributed by atoms with van der Waals surface area (Å²) in [4.78, 5) is 10.4. The first-order valence-electron chi connectivity index (χ1n) is 4.45. The Bertz CT molecular complexity index is 320. The van der Waals surface area contributed by atoms with Gasteiger partial charge in [0.15, 0.2) is 6.10 Å². The number of hydrogen-bond donors (Lipinski definition) is 2. The van der Waals surface area contributed by atoms with Crippen LogP contribution in [0, 0.1) is 0 Å². The average Bonchev–Trinajstić information content (AvgIpc) is 2.52. The maximum absolute atomic E-state index is 10.4. The summed E-state index contributed by atoms with van der Waals surface area (Å²) in [6.45, 7) is 3.95. The van der Waals surface area contributed by atoms with Crippen molar-refractivity contribution in [3.63, 3.8) is 0 Å². The van der Waals surface area contributed by atoms with Crippen molar-refractivity contribution in [2.45, 2.75) is 32.4 Å². The van der Waals surface area contributed by atoms with Crippen molar-refractivity contribution in [3.8, 4) is 0 Å². The lowest BCUT2D eigenvalue weighted by molar-refractivity contribution is -0.146. The monoisotopic (exact) mass is 198 g/mol. The Hall–Kier alpha value is -1.36. The van der Waals surface area contributed by atoms with Crippen LogP contribution in [-0.4, -0.2) is 32.1 Å². The third-order valence-corrected chi connectivity index (χ3v) is 1.88. The van der Waals surface area contributed by atoms with Crippen LogP contribution in [0.4, 0.5) is 0 Å². The molecule has 14 heavy (non-hydrogen) atoms. The van der Waals surface area contributed by atoms with Gasteiger partial charge in [-0.3, -0.25) is 4.68 Å². The SMILES string of the molecule is CC(C)n1ccc(CC(O)C(=O)O)n1. The maximum Gasteiger partial charge on any atom is 0.332 e. The molecule has 2 N–H and O–H groups in total. The minimum Gasteiger partial charge on any atom is -0.479 e. The Balaban J connectivity index is 2.64. The molecule has 1 atom stereocenters. The summed E-state index contributed by atoms with van der Waals surface area (Å²) in [5.74, 6) is -1.22. The number of carboxylic acids is 1. The van der Waals surface area contributed by atoms with Crippen molar-refractivity contribution < 1.29 is 15.0 Å². The zero-order chi connectivity index (χ0) is 10.7. The molecule has 5 nitrogen and oxygen atoms in total. The second kappa shape index (κ2) is 4.23. The largest absolute Gasteiger partial charge is 0.479 e. The smallest absolute Gasteiger partial charge is 0.332 e. The van der Waals surface area contributed by atoms with Crippen molar-refractivity contribution in [1.29, 1.82) is 0 Å². The van der Waals surface area contributed by atoms with E-state index in [2.05, 4.69) is 5.10 Å². The highest BCUT2D eigenvalue weighted by Gasteiger charge is 2.15. The van der Waals surface area contributed by atoms with Gasteiger partial charge < -0.3 is 10.2 Å². The molecule has 5 heteroatoms. The topological polar surface area (TPSA) is 75.4 Å². The first-order chi connectivity index (χ1) is 6.50. The molecule has 0 aromatic carbocycles. The summed E-state index contributed by atoms with van der Waals surface area (Å²) < 4.78 is 1.73. The molecule has 1 heterocycles. The number of aliphatic hydroxyl groups is 1. The normalized spacial score (nSPS) is 13.1. The quantitative estimate of drug-likeness (QED) is 0.736. The third-order valence-electron chi connectivity index (χ3n) is 1.88. The Kier molecular flexibility index (Phi) is 3.24. The molecule has 0 aliphatic heterocycles. The molecule has 0 spiro atoms. The van der Waals surface area contributed by atoms with E-state index in [0.717, 1.165) is 0 Å². The Morgan fingerprint density at radius 3 is 2.71 bits per heavy atom. The van der Waals surface area contributed by atoms with Gasteiger partial charge in [-0.05, 0) is 19.9 Å². The van der Waals surface area contributed by atoms with Gasteiger partial charge in [0.05, 0.1) is 5.69 Å². The summed E-state index contributed by atoms with van der Waals surface area (Å²) in [5.41, 5.74) is 0.591. The van der Waals surface area contributed by atoms with Gasteiger partial charge in [-0.15, -0.1) is 0 Å². The molecule has 1 aromatic heterocycles. The molecular formula is C9H14N2O3. The van der Waals surface area contributed by atoms with E-state index < -0.39 is 12.1 Å². The lowest BCUT2D eigenvalue weighted by atomic mass is 10.2. The van der Waals surface area contributed by atoms with Gasteiger partial charge in [0, 0.05) is 18.7 Å². The molecular weight excluding hydrogens is 184 g/mol. The van der Waals surface area contributed by atoms with E-state index in [-0.39, 0.29) is 12.5 Å². The molecule has 0 fully saturated rings. The predicted octanol–water partition coefficient (Wildman–Crippen LogP) is 0.452. The fourth-order valence-electron chi connectivity index (χ4n) is 1.06. The fourth-order valence-corrected chi connectivity index (χ4v) is 1.06. The van der Waals surface area contributed by atoms with E-state index in [0.29, 0.717) is 5.69 Å². The predicted molar refractivity (Wildman–Crippen MR) is 50.0 cm³/mol. The summed E-state index contributed by atoms with van der Waals surface area (Å²) in [7, 11) is 0. The number of carbonyl (C=O) groups is 1. The van der Waals surface area contributed by atoms with Crippen molar-refractivity contribution in [2.75, 3.05) is 0 Å². The van der Waals surface area contributed by atoms with Crippen molar-refractivity contribution >= 4 is 5.97 Å². The third kappa shape index (κ3) is 2.56. The van der Waals surface area contributed by atoms with Gasteiger partial charge in [0.2, 0.25) is 0 Å². The van der Waals surface area contributed by atoms with Crippen LogP contribution >= 0.6 is 0 Å². The molecule has 0 saturated carbocycles. The van der Waals surface area contributed by atoms with Crippen LogP contribution in [-0.2, 0) is 11.2 Å². The average molecular weight is 198 g/mol. The van der Waals surface area contributed by atoms with Gasteiger partial charge in [-0.1, -0.05) is 0 Å². The van der Waals surface area contributed by atoms with Crippen molar-refractivity contribution in [3.05, 3.63) is 18.0 Å². The maximum atomic E-state index is 10.4. The number of aliphatic hydroxyl groups excluding tert-OH is 1. The van der Waals surface area contributed by atoms with Crippen LogP contribution in [0.2, 0.25) is 0 Å². The molecule has 1 unspecified atom stereocenters. The van der Waals surface area contributed by atoms with Crippen LogP contribution in [0.3, 0.4) is 0 Å². The van der Waals surface area contributed by atoms with Crippen LogP contribution in [0.15, 0.2) is 12.3 Å². The summed E-state index contributed by atoms with van der Waals surface area (Å²) in [6, 6.07) is 1.96. The minimum absolute atomic E-state index is 0.0506. The second-order valence-corrected chi connectivity index (χ2v) is 3.44. The lowest BCUT2D eigenvalue weighted by Gasteiger charge is -2.04. The fraction of sp³-hybridized carbons (Fsp3) is 0.556. The van der Waals surface area contributed by atoms with Gasteiger partial charge in [-0.2, -0.15) is 5.10 Å². The molecule has 0 aliphatic rings. The second-order valence-electron chi connectivity index (χ2n) is 3.44. The van der Waals surface area contributed by atoms with Crippen LogP contribution in [0.1, 0.15) is 25.6 Å². The van der Waals surface area contributed by atoms with E-state index >= 15 is 0 Å². The summed E-state index contributed by atoms with van der Waals surface area (Å²) in [6.07, 6.45) is 0.453. The molecule has 0 radical (unpaired) electrons. The van der Waals surface area contributed by atoms with Crippen molar-refractivity contribution in [2.24, 2.45) is 0 Å². The molecule has 0 aliphatic carbocycles. The van der Waals surface area contributed by atoms with Crippen LogP contribution < -0.4 is 0 Å². The molecule has 1 aromatic rings. The van der Waals surface area contributed by atoms with E-state index in [1.165, 1.54) is 0 Å². The van der Waals surface area contributed by atoms with E-state index in [1.807, 2.05) is 13.8 Å². The molecule has 0 saturated heterocycles. The molecule has 78 valence electrons. The first-order valence-corrected chi connectivity index (χ1v) is 4.45. The number of carboxylic acid groups (broad SMARTS) is 1. The van der Waals surface area contributed by atoms with Crippen LogP contribution in [0.5, 0.6) is 0 Å². The highest BCUT2D eigenvalue weighted by atomic mass is 16.4. The lowest BCUT2D eigenvalue weighted by Crippen LogP contribution is -2.22. The number of aliphatic carboxylic acids is 1. The molecule has 0 amide bonds. The van der Waals surface area contributed by atoms with Crippen LogP contribution in [0.25, 0.3) is 0 Å². The summed E-state index contributed by atoms with van der Waals surface area (Å²) >= 11 is 0. The highest BCUT2D eigenvalue weighted by Crippen LogP contribution is 2.06. The summed E-state index contributed by atoms with van der Waals surface area (Å²) in [5, 5.41) is 21.7. The molecule has 1 rings (SSSR count). The number of hydrogen-bond acceptors (Lipinski definition) is 3. The van der Waals surface area contributed by atoms with Gasteiger partial charge in [0.25, 0.3) is 0 Å². The number of aromatic nitrogens is 2. The number of rotatable bonds is 4. The number of nitrogens with zero attached hydrogens (tertiary/aromatic N) is 2. The van der Waals surface area contributed by atoms with Gasteiger partial charge in [0.1, 0.15) is 0 Å². The molecule has 0 bridgehead atoms. The Morgan fingerprint density at radius 2 is 2.29 bits per heavy atom. The standard InChI is InChI=1S/C9H14N2O3/c1-6(2)11-4-3-7(10-11)5-8(12)9(13)14/h3-4,6,8,12H,5H2,1-2H3,(H,13,14). The van der Waals surface area contributed by atoms with E-state index in [1.54, 1.807) is 16.9 Å². The first kappa shape index (κ1) is 10.7. The van der Waals surface area contributed by atoms with E-state index in [9.17, 15) is 4.79 Å². The van der Waals surface area contributed by atoms with Crippen molar-refractivity contribution in [1.82, 2.24) is 9.78 Å².